The summed E-state index contributed by atoms with van der Waals surface area (Å²) in [7, 11) is -4.69. The molecule has 2 heterocycles. The van der Waals surface area contributed by atoms with Crippen LogP contribution in [0.4, 0.5) is 8.78 Å². The van der Waals surface area contributed by atoms with Crippen molar-refractivity contribution in [2.24, 2.45) is 0 Å². The van der Waals surface area contributed by atoms with Crippen LogP contribution in [0.5, 0.6) is 0 Å². The Morgan fingerprint density at radius 2 is 1.72 bits per heavy atom. The summed E-state index contributed by atoms with van der Waals surface area (Å²) in [5.41, 5.74) is -0.557. The molecular formula is C16H22BF2NO4S. The maximum Gasteiger partial charge on any atom is 0.494 e. The van der Waals surface area contributed by atoms with Crippen LogP contribution in [0.25, 0.3) is 0 Å². The van der Waals surface area contributed by atoms with Gasteiger partial charge in [0.1, 0.15) is 0 Å². The Kier molecular flexibility index (Phi) is 4.30. The summed E-state index contributed by atoms with van der Waals surface area (Å²) in [4.78, 5) is -0.0302. The number of benzene rings is 1. The van der Waals surface area contributed by atoms with Gasteiger partial charge < -0.3 is 9.31 Å². The molecule has 2 saturated heterocycles. The molecule has 0 radical (unpaired) electrons. The van der Waals surface area contributed by atoms with Crippen LogP contribution in [0, 0.1) is 0 Å². The van der Waals surface area contributed by atoms with E-state index in [1.54, 1.807) is 12.1 Å². The van der Waals surface area contributed by atoms with Crippen molar-refractivity contribution >= 4 is 22.6 Å². The number of hydrogen-bond acceptors (Lipinski definition) is 4. The molecule has 5 nitrogen and oxygen atoms in total. The zero-order valence-electron chi connectivity index (χ0n) is 14.8. The van der Waals surface area contributed by atoms with Crippen LogP contribution >= 0.6 is 0 Å². The Morgan fingerprint density at radius 1 is 1.12 bits per heavy atom. The summed E-state index contributed by atoms with van der Waals surface area (Å²) in [5.74, 6) is -2.98. The minimum absolute atomic E-state index is 0.0302. The number of sulfonamides is 1. The molecule has 0 N–H and O–H groups in total. The molecular weight excluding hydrogens is 351 g/mol. The maximum atomic E-state index is 13.4. The Labute approximate surface area is 147 Å². The van der Waals surface area contributed by atoms with Gasteiger partial charge in [-0.25, -0.2) is 17.2 Å². The van der Waals surface area contributed by atoms with Crippen molar-refractivity contribution in [1.29, 1.82) is 0 Å². The lowest BCUT2D eigenvalue weighted by Crippen LogP contribution is -2.41. The van der Waals surface area contributed by atoms with Gasteiger partial charge in [0, 0.05) is 13.0 Å². The van der Waals surface area contributed by atoms with Crippen LogP contribution in [0.2, 0.25) is 0 Å². The molecule has 3 rings (SSSR count). The summed E-state index contributed by atoms with van der Waals surface area (Å²) < 4.78 is 64.8. The van der Waals surface area contributed by atoms with Gasteiger partial charge in [-0.15, -0.1) is 0 Å². The van der Waals surface area contributed by atoms with E-state index in [9.17, 15) is 17.2 Å². The minimum Gasteiger partial charge on any atom is -0.399 e. The van der Waals surface area contributed by atoms with Crippen LogP contribution in [-0.4, -0.2) is 50.1 Å². The summed E-state index contributed by atoms with van der Waals surface area (Å²) >= 11 is 0. The van der Waals surface area contributed by atoms with Crippen LogP contribution in [0.15, 0.2) is 29.2 Å². The SMILES string of the molecule is CC1(C)OB(c2cccc(S(=O)(=O)N3CCC(F)(F)C3)c2)OC1(C)C. The van der Waals surface area contributed by atoms with E-state index in [0.717, 1.165) is 4.31 Å². The van der Waals surface area contributed by atoms with E-state index in [4.69, 9.17) is 9.31 Å². The molecule has 0 atom stereocenters. The van der Waals surface area contributed by atoms with Gasteiger partial charge in [-0.1, -0.05) is 12.1 Å². The van der Waals surface area contributed by atoms with Gasteiger partial charge in [0.25, 0.3) is 5.92 Å². The zero-order valence-corrected chi connectivity index (χ0v) is 15.6. The predicted octanol–water partition coefficient (Wildman–Crippen LogP) is 2.02. The van der Waals surface area contributed by atoms with E-state index < -0.39 is 47.2 Å². The third-order valence-electron chi connectivity index (χ3n) is 5.16. The summed E-state index contributed by atoms with van der Waals surface area (Å²) in [6.45, 7) is 6.64. The summed E-state index contributed by atoms with van der Waals surface area (Å²) in [6.07, 6.45) is -0.455. The molecule has 0 amide bonds. The van der Waals surface area contributed by atoms with Crippen LogP contribution in [-0.2, 0) is 19.3 Å². The van der Waals surface area contributed by atoms with E-state index in [-0.39, 0.29) is 11.4 Å². The van der Waals surface area contributed by atoms with Crippen molar-refractivity contribution in [1.82, 2.24) is 4.31 Å². The van der Waals surface area contributed by atoms with Crippen LogP contribution in [0.3, 0.4) is 0 Å². The molecule has 2 aliphatic rings. The lowest BCUT2D eigenvalue weighted by Gasteiger charge is -2.32. The molecule has 2 aliphatic heterocycles. The Hall–Kier alpha value is -1.03. The van der Waals surface area contributed by atoms with Crippen molar-refractivity contribution in [2.45, 2.75) is 56.1 Å². The first-order valence-electron chi connectivity index (χ1n) is 8.18. The molecule has 25 heavy (non-hydrogen) atoms. The minimum atomic E-state index is -3.98. The molecule has 0 saturated carbocycles. The number of rotatable bonds is 3. The second-order valence-electron chi connectivity index (χ2n) is 7.61. The maximum absolute atomic E-state index is 13.4. The third-order valence-corrected chi connectivity index (χ3v) is 7.00. The fourth-order valence-corrected chi connectivity index (χ4v) is 4.38. The molecule has 1 aromatic rings. The summed E-state index contributed by atoms with van der Waals surface area (Å²) in [6, 6.07) is 6.12. The molecule has 9 heteroatoms. The second kappa shape index (κ2) is 5.74. The number of hydrogen-bond donors (Lipinski definition) is 0. The monoisotopic (exact) mass is 373 g/mol. The van der Waals surface area contributed by atoms with E-state index in [1.165, 1.54) is 12.1 Å². The number of nitrogens with zero attached hydrogens (tertiary/aromatic N) is 1. The van der Waals surface area contributed by atoms with Crippen molar-refractivity contribution < 1.29 is 26.5 Å². The van der Waals surface area contributed by atoms with E-state index in [1.807, 2.05) is 27.7 Å². The molecule has 0 aliphatic carbocycles. The van der Waals surface area contributed by atoms with Gasteiger partial charge in [-0.3, -0.25) is 0 Å². The average molecular weight is 373 g/mol. The normalized spacial score (nSPS) is 25.4. The highest BCUT2D eigenvalue weighted by atomic mass is 32.2. The largest absolute Gasteiger partial charge is 0.494 e. The number of halogens is 2. The van der Waals surface area contributed by atoms with Gasteiger partial charge in [0.05, 0.1) is 22.6 Å². The fraction of sp³-hybridized carbons (Fsp3) is 0.625. The molecule has 0 unspecified atom stereocenters. The Morgan fingerprint density at radius 3 is 2.24 bits per heavy atom. The van der Waals surface area contributed by atoms with Gasteiger partial charge >= 0.3 is 7.12 Å². The average Bonchev–Trinajstić information content (AvgIpc) is 2.96. The van der Waals surface area contributed by atoms with Gasteiger partial charge in [-0.05, 0) is 45.3 Å². The molecule has 0 bridgehead atoms. The lowest BCUT2D eigenvalue weighted by molar-refractivity contribution is 0.00578. The first kappa shape index (κ1) is 18.8. The van der Waals surface area contributed by atoms with E-state index >= 15 is 0 Å². The first-order valence-corrected chi connectivity index (χ1v) is 9.62. The topological polar surface area (TPSA) is 55.8 Å². The van der Waals surface area contributed by atoms with E-state index in [0.29, 0.717) is 5.46 Å². The summed E-state index contributed by atoms with van der Waals surface area (Å²) in [5, 5.41) is 0. The molecule has 138 valence electrons. The number of alkyl halides is 2. The Bertz CT molecular complexity index is 766. The van der Waals surface area contributed by atoms with Crippen molar-refractivity contribution in [2.75, 3.05) is 13.1 Å². The van der Waals surface area contributed by atoms with E-state index in [2.05, 4.69) is 0 Å². The van der Waals surface area contributed by atoms with Gasteiger partial charge in [0.15, 0.2) is 0 Å². The standard InChI is InChI=1S/C16H22BF2NO4S/c1-14(2)15(3,4)24-17(23-14)12-6-5-7-13(10-12)25(21,22)20-9-8-16(18,19)11-20/h5-7,10H,8-9,11H2,1-4H3. The van der Waals surface area contributed by atoms with Gasteiger partial charge in [-0.2, -0.15) is 4.31 Å². The quantitative estimate of drug-likeness (QED) is 0.761. The van der Waals surface area contributed by atoms with Gasteiger partial charge in [0.2, 0.25) is 10.0 Å². The smallest absolute Gasteiger partial charge is 0.399 e. The molecule has 1 aromatic carbocycles. The highest BCUT2D eigenvalue weighted by Crippen LogP contribution is 2.37. The molecule has 0 spiro atoms. The second-order valence-corrected chi connectivity index (χ2v) is 9.54. The first-order chi connectivity index (χ1) is 11.3. The van der Waals surface area contributed by atoms with Crippen molar-refractivity contribution in [3.05, 3.63) is 24.3 Å². The fourth-order valence-electron chi connectivity index (χ4n) is 2.86. The van der Waals surface area contributed by atoms with Crippen LogP contribution < -0.4 is 5.46 Å². The Balaban J connectivity index is 1.88. The van der Waals surface area contributed by atoms with Crippen molar-refractivity contribution in [3.8, 4) is 0 Å². The molecule has 0 aromatic heterocycles. The van der Waals surface area contributed by atoms with Crippen LogP contribution in [0.1, 0.15) is 34.1 Å². The highest BCUT2D eigenvalue weighted by Gasteiger charge is 2.52. The third kappa shape index (κ3) is 3.34. The highest BCUT2D eigenvalue weighted by molar-refractivity contribution is 7.89. The zero-order chi connectivity index (χ0) is 18.7. The molecule has 2 fully saturated rings. The predicted molar refractivity (Wildman–Crippen MR) is 90.5 cm³/mol. The van der Waals surface area contributed by atoms with Crippen molar-refractivity contribution in [3.63, 3.8) is 0 Å². The lowest BCUT2D eigenvalue weighted by atomic mass is 9.79.